The van der Waals surface area contributed by atoms with Gasteiger partial charge in [0.2, 0.25) is 0 Å². The molecule has 2 aromatic heterocycles. The lowest BCUT2D eigenvalue weighted by molar-refractivity contribution is 0.262. The Bertz CT molecular complexity index is 1210. The Hall–Kier alpha value is -4.34. The van der Waals surface area contributed by atoms with E-state index in [0.717, 1.165) is 17.8 Å². The van der Waals surface area contributed by atoms with Gasteiger partial charge in [0.05, 0.1) is 0 Å². The van der Waals surface area contributed by atoms with E-state index in [4.69, 9.17) is 0 Å². The van der Waals surface area contributed by atoms with E-state index in [-0.39, 0.29) is 5.69 Å². The standard InChI is InChI=1S/C21H17F2N7O/c1-13-25-19(11-20(26-13)30-9-8-24-12-30)27-14-2-4-15(5-3-14)28-21(31)29-16-6-7-17(22)18(23)10-16/h2-12H,1H3,(H,25,26,27)(H2,28,29,31). The number of rotatable bonds is 5. The Morgan fingerprint density at radius 3 is 2.32 bits per heavy atom. The molecule has 3 N–H and O–H groups in total. The van der Waals surface area contributed by atoms with E-state index in [1.54, 1.807) is 60.5 Å². The number of hydrogen-bond acceptors (Lipinski definition) is 5. The third-order valence-corrected chi connectivity index (χ3v) is 4.19. The number of nitrogens with zero attached hydrogens (tertiary/aromatic N) is 4. The second-order valence-corrected chi connectivity index (χ2v) is 6.54. The Balaban J connectivity index is 1.40. The van der Waals surface area contributed by atoms with E-state index in [2.05, 4.69) is 30.9 Å². The van der Waals surface area contributed by atoms with Crippen molar-refractivity contribution in [2.24, 2.45) is 0 Å². The Labute approximate surface area is 176 Å². The molecule has 2 amide bonds. The molecule has 4 rings (SSSR count). The number of carbonyl (C=O) groups is 1. The van der Waals surface area contributed by atoms with E-state index < -0.39 is 17.7 Å². The molecule has 10 heteroatoms. The van der Waals surface area contributed by atoms with Gasteiger partial charge in [-0.2, -0.15) is 0 Å². The molecular formula is C21H17F2N7O. The number of urea groups is 1. The molecule has 0 bridgehead atoms. The Kier molecular flexibility index (Phi) is 5.52. The zero-order valence-corrected chi connectivity index (χ0v) is 16.3. The van der Waals surface area contributed by atoms with Crippen LogP contribution >= 0.6 is 0 Å². The zero-order chi connectivity index (χ0) is 21.8. The van der Waals surface area contributed by atoms with Crippen molar-refractivity contribution in [1.29, 1.82) is 0 Å². The molecule has 0 fully saturated rings. The summed E-state index contributed by atoms with van der Waals surface area (Å²) in [6.45, 7) is 1.80. The highest BCUT2D eigenvalue weighted by Crippen LogP contribution is 2.20. The average molecular weight is 421 g/mol. The topological polar surface area (TPSA) is 96.8 Å². The minimum absolute atomic E-state index is 0.141. The Morgan fingerprint density at radius 2 is 1.61 bits per heavy atom. The van der Waals surface area contributed by atoms with Crippen molar-refractivity contribution in [1.82, 2.24) is 19.5 Å². The van der Waals surface area contributed by atoms with Gasteiger partial charge in [0.15, 0.2) is 11.6 Å². The normalized spacial score (nSPS) is 10.5. The van der Waals surface area contributed by atoms with E-state index in [9.17, 15) is 13.6 Å². The molecule has 0 saturated carbocycles. The van der Waals surface area contributed by atoms with E-state index >= 15 is 0 Å². The van der Waals surface area contributed by atoms with E-state index in [1.807, 2.05) is 0 Å². The smallest absolute Gasteiger partial charge is 0.323 e. The summed E-state index contributed by atoms with van der Waals surface area (Å²) in [5.41, 5.74) is 1.41. The molecule has 0 unspecified atom stereocenters. The maximum absolute atomic E-state index is 13.2. The maximum atomic E-state index is 13.2. The second-order valence-electron chi connectivity index (χ2n) is 6.54. The molecule has 8 nitrogen and oxygen atoms in total. The number of aromatic nitrogens is 4. The van der Waals surface area contributed by atoms with Crippen LogP contribution in [0.3, 0.4) is 0 Å². The van der Waals surface area contributed by atoms with Crippen LogP contribution in [0.5, 0.6) is 0 Å². The summed E-state index contributed by atoms with van der Waals surface area (Å²) in [6.07, 6.45) is 5.10. The Morgan fingerprint density at radius 1 is 0.903 bits per heavy atom. The van der Waals surface area contributed by atoms with Gasteiger partial charge in [-0.25, -0.2) is 28.5 Å². The fourth-order valence-electron chi connectivity index (χ4n) is 2.79. The first-order chi connectivity index (χ1) is 15.0. The number of amides is 2. The van der Waals surface area contributed by atoms with Crippen LogP contribution in [0.2, 0.25) is 0 Å². The van der Waals surface area contributed by atoms with Crippen molar-refractivity contribution >= 4 is 28.9 Å². The number of nitrogens with one attached hydrogen (secondary N) is 3. The number of halogens is 2. The van der Waals surface area contributed by atoms with Crippen molar-refractivity contribution in [2.75, 3.05) is 16.0 Å². The summed E-state index contributed by atoms with van der Waals surface area (Å²) < 4.78 is 28.0. The van der Waals surface area contributed by atoms with Crippen molar-refractivity contribution < 1.29 is 13.6 Å². The minimum atomic E-state index is -1.04. The number of anilines is 4. The fourth-order valence-corrected chi connectivity index (χ4v) is 2.79. The second kappa shape index (κ2) is 8.57. The minimum Gasteiger partial charge on any atom is -0.340 e. The maximum Gasteiger partial charge on any atom is 0.323 e. The summed E-state index contributed by atoms with van der Waals surface area (Å²) in [5.74, 6) is -0.136. The van der Waals surface area contributed by atoms with Gasteiger partial charge >= 0.3 is 6.03 Å². The van der Waals surface area contributed by atoms with Gasteiger partial charge in [-0.05, 0) is 43.3 Å². The SMILES string of the molecule is Cc1nc(Nc2ccc(NC(=O)Nc3ccc(F)c(F)c3)cc2)cc(-n2ccnc2)n1. The van der Waals surface area contributed by atoms with Crippen LogP contribution < -0.4 is 16.0 Å². The lowest BCUT2D eigenvalue weighted by Gasteiger charge is -2.11. The van der Waals surface area contributed by atoms with E-state index in [0.29, 0.717) is 23.1 Å². The first-order valence-electron chi connectivity index (χ1n) is 9.20. The zero-order valence-electron chi connectivity index (χ0n) is 16.3. The summed E-state index contributed by atoms with van der Waals surface area (Å²) >= 11 is 0. The molecule has 0 saturated heterocycles. The lowest BCUT2D eigenvalue weighted by atomic mass is 10.2. The summed E-state index contributed by atoms with van der Waals surface area (Å²) in [5, 5.41) is 8.25. The number of benzene rings is 2. The highest BCUT2D eigenvalue weighted by Gasteiger charge is 2.08. The molecular weight excluding hydrogens is 404 g/mol. The molecule has 156 valence electrons. The van der Waals surface area contributed by atoms with Gasteiger partial charge in [-0.3, -0.25) is 4.57 Å². The van der Waals surface area contributed by atoms with Gasteiger partial charge in [0.25, 0.3) is 0 Å². The number of aryl methyl sites for hydroxylation is 1. The predicted molar refractivity (Wildman–Crippen MR) is 113 cm³/mol. The molecule has 2 aromatic carbocycles. The molecule has 0 aliphatic carbocycles. The molecule has 0 atom stereocenters. The van der Waals surface area contributed by atoms with Gasteiger partial charge in [0, 0.05) is 41.6 Å². The molecule has 31 heavy (non-hydrogen) atoms. The highest BCUT2D eigenvalue weighted by molar-refractivity contribution is 5.99. The first kappa shape index (κ1) is 20.0. The summed E-state index contributed by atoms with van der Waals surface area (Å²) in [6, 6.07) is 11.2. The van der Waals surface area contributed by atoms with Crippen LogP contribution in [-0.4, -0.2) is 25.6 Å². The van der Waals surface area contributed by atoms with Gasteiger partial charge in [-0.15, -0.1) is 0 Å². The van der Waals surface area contributed by atoms with E-state index in [1.165, 1.54) is 6.07 Å². The molecule has 4 aromatic rings. The summed E-state index contributed by atoms with van der Waals surface area (Å²) in [4.78, 5) is 24.8. The molecule has 0 radical (unpaired) electrons. The molecule has 0 aliphatic rings. The largest absolute Gasteiger partial charge is 0.340 e. The van der Waals surface area contributed by atoms with Gasteiger partial charge in [0.1, 0.15) is 23.8 Å². The lowest BCUT2D eigenvalue weighted by Crippen LogP contribution is -2.19. The first-order valence-corrected chi connectivity index (χ1v) is 9.20. The van der Waals surface area contributed by atoms with Crippen LogP contribution in [0.25, 0.3) is 5.82 Å². The van der Waals surface area contributed by atoms with Crippen molar-refractivity contribution in [3.05, 3.63) is 84.7 Å². The van der Waals surface area contributed by atoms with Crippen LogP contribution in [0, 0.1) is 18.6 Å². The van der Waals surface area contributed by atoms with Crippen molar-refractivity contribution in [3.8, 4) is 5.82 Å². The van der Waals surface area contributed by atoms with Crippen molar-refractivity contribution in [2.45, 2.75) is 6.92 Å². The van der Waals surface area contributed by atoms with Crippen LogP contribution in [0.4, 0.5) is 36.5 Å². The van der Waals surface area contributed by atoms with Gasteiger partial charge < -0.3 is 16.0 Å². The highest BCUT2D eigenvalue weighted by atomic mass is 19.2. The van der Waals surface area contributed by atoms with Gasteiger partial charge in [-0.1, -0.05) is 0 Å². The third-order valence-electron chi connectivity index (χ3n) is 4.19. The summed E-state index contributed by atoms with van der Waals surface area (Å²) in [7, 11) is 0. The molecule has 0 spiro atoms. The monoisotopic (exact) mass is 421 g/mol. The predicted octanol–water partition coefficient (Wildman–Crippen LogP) is 4.64. The quantitative estimate of drug-likeness (QED) is 0.436. The van der Waals surface area contributed by atoms with Crippen LogP contribution in [0.1, 0.15) is 5.82 Å². The van der Waals surface area contributed by atoms with Crippen LogP contribution in [-0.2, 0) is 0 Å². The number of carbonyl (C=O) groups excluding carboxylic acids is 1. The number of imidazole rings is 1. The number of hydrogen-bond donors (Lipinski definition) is 3. The van der Waals surface area contributed by atoms with Crippen LogP contribution in [0.15, 0.2) is 67.3 Å². The fraction of sp³-hybridized carbons (Fsp3) is 0.0476. The molecule has 2 heterocycles. The third kappa shape index (κ3) is 4.99. The molecule has 0 aliphatic heterocycles. The average Bonchev–Trinajstić information content (AvgIpc) is 3.27. The van der Waals surface area contributed by atoms with Crippen molar-refractivity contribution in [3.63, 3.8) is 0 Å².